The van der Waals surface area contributed by atoms with E-state index in [0.29, 0.717) is 57.6 Å². The van der Waals surface area contributed by atoms with E-state index in [1.165, 1.54) is 0 Å². The van der Waals surface area contributed by atoms with Crippen molar-refractivity contribution in [1.29, 1.82) is 0 Å². The molecule has 0 bridgehead atoms. The van der Waals surface area contributed by atoms with Crippen LogP contribution in [0.5, 0.6) is 0 Å². The van der Waals surface area contributed by atoms with Crippen LogP contribution in [-0.2, 0) is 9.59 Å². The number of amides is 2. The Morgan fingerprint density at radius 3 is 1.43 bits per heavy atom. The molecule has 0 radical (unpaired) electrons. The molecule has 6 nitrogen and oxygen atoms in total. The molecule has 0 unspecified atom stereocenters. The molecule has 1 heterocycles. The van der Waals surface area contributed by atoms with E-state index < -0.39 is 0 Å². The van der Waals surface area contributed by atoms with Crippen molar-refractivity contribution < 1.29 is 9.59 Å². The summed E-state index contributed by atoms with van der Waals surface area (Å²) in [6, 6.07) is 9.83. The Kier molecular flexibility index (Phi) is 8.22. The highest BCUT2D eigenvalue weighted by molar-refractivity contribution is 6.36. The molecule has 1 aliphatic rings. The number of halogens is 4. The van der Waals surface area contributed by atoms with E-state index in [4.69, 9.17) is 46.4 Å². The zero-order valence-electron chi connectivity index (χ0n) is 15.9. The van der Waals surface area contributed by atoms with E-state index in [9.17, 15) is 9.59 Å². The second-order valence-electron chi connectivity index (χ2n) is 6.90. The van der Waals surface area contributed by atoms with E-state index in [-0.39, 0.29) is 24.9 Å². The van der Waals surface area contributed by atoms with Crippen molar-refractivity contribution in [3.63, 3.8) is 0 Å². The van der Waals surface area contributed by atoms with Crippen LogP contribution in [0.3, 0.4) is 0 Å². The SMILES string of the molecule is O=C(CN1CCN(CC(=O)Nc2cc(Cl)ccc2Cl)CC1)Nc1cc(Cl)ccc1Cl. The first kappa shape index (κ1) is 23.1. The van der Waals surface area contributed by atoms with Gasteiger partial charge in [0.25, 0.3) is 0 Å². The number of piperazine rings is 1. The monoisotopic (exact) mass is 488 g/mol. The van der Waals surface area contributed by atoms with E-state index in [0.717, 1.165) is 0 Å². The molecule has 2 aromatic rings. The Hall–Kier alpha value is -1.54. The van der Waals surface area contributed by atoms with Crippen molar-refractivity contribution in [2.45, 2.75) is 0 Å². The summed E-state index contributed by atoms with van der Waals surface area (Å²) >= 11 is 24.0. The normalized spacial score (nSPS) is 15.1. The fourth-order valence-corrected chi connectivity index (χ4v) is 3.75. The number of carbonyl (C=O) groups excluding carboxylic acids is 2. The molecule has 10 heteroatoms. The average Bonchev–Trinajstić information content (AvgIpc) is 2.69. The number of rotatable bonds is 6. The molecule has 2 amide bonds. The molecular weight excluding hydrogens is 470 g/mol. The average molecular weight is 490 g/mol. The molecule has 0 aliphatic carbocycles. The number of benzene rings is 2. The molecule has 0 atom stereocenters. The summed E-state index contributed by atoms with van der Waals surface area (Å²) < 4.78 is 0. The first-order chi connectivity index (χ1) is 14.3. The molecule has 160 valence electrons. The fraction of sp³-hybridized carbons (Fsp3) is 0.300. The second-order valence-corrected chi connectivity index (χ2v) is 8.58. The molecule has 30 heavy (non-hydrogen) atoms. The minimum Gasteiger partial charge on any atom is -0.324 e. The number of carbonyl (C=O) groups is 2. The lowest BCUT2D eigenvalue weighted by atomic mass is 10.2. The van der Waals surface area contributed by atoms with Crippen molar-refractivity contribution in [3.8, 4) is 0 Å². The fourth-order valence-electron chi connectivity index (χ4n) is 3.08. The zero-order chi connectivity index (χ0) is 21.7. The Balaban J connectivity index is 1.43. The third-order valence-electron chi connectivity index (χ3n) is 4.60. The van der Waals surface area contributed by atoms with E-state index in [1.807, 2.05) is 9.80 Å². The maximum absolute atomic E-state index is 12.3. The summed E-state index contributed by atoms with van der Waals surface area (Å²) in [5.74, 6) is -0.332. The van der Waals surface area contributed by atoms with E-state index >= 15 is 0 Å². The van der Waals surface area contributed by atoms with Crippen LogP contribution in [0.25, 0.3) is 0 Å². The van der Waals surface area contributed by atoms with Gasteiger partial charge in [0.15, 0.2) is 0 Å². The minimum atomic E-state index is -0.166. The van der Waals surface area contributed by atoms with Gasteiger partial charge >= 0.3 is 0 Å². The molecule has 3 rings (SSSR count). The number of nitrogens with one attached hydrogen (secondary N) is 2. The lowest BCUT2D eigenvalue weighted by molar-refractivity contribution is -0.120. The Morgan fingerprint density at radius 1 is 0.700 bits per heavy atom. The number of hydrogen-bond donors (Lipinski definition) is 2. The standard InChI is InChI=1S/C20H20Cl4N4O2/c21-13-1-3-15(23)17(9-13)25-19(29)11-27-5-7-28(8-6-27)12-20(30)26-18-10-14(22)2-4-16(18)24/h1-4,9-10H,5-8,11-12H2,(H,25,29)(H,26,30). The molecule has 0 spiro atoms. The van der Waals surface area contributed by atoms with Gasteiger partial charge < -0.3 is 10.6 Å². The summed E-state index contributed by atoms with van der Waals surface area (Å²) in [5.41, 5.74) is 0.980. The van der Waals surface area contributed by atoms with Crippen molar-refractivity contribution in [3.05, 3.63) is 56.5 Å². The maximum Gasteiger partial charge on any atom is 0.238 e. The van der Waals surface area contributed by atoms with Gasteiger partial charge in [-0.1, -0.05) is 46.4 Å². The summed E-state index contributed by atoms with van der Waals surface area (Å²) in [7, 11) is 0. The highest BCUT2D eigenvalue weighted by Gasteiger charge is 2.21. The largest absolute Gasteiger partial charge is 0.324 e. The van der Waals surface area contributed by atoms with Crippen molar-refractivity contribution in [2.75, 3.05) is 49.9 Å². The Labute approximate surface area is 195 Å². The molecule has 1 saturated heterocycles. The molecule has 0 aromatic heterocycles. The Bertz CT molecular complexity index is 858. The predicted octanol–water partition coefficient (Wildman–Crippen LogP) is 4.50. The summed E-state index contributed by atoms with van der Waals surface area (Å²) in [5, 5.41) is 7.43. The molecule has 1 fully saturated rings. The lowest BCUT2D eigenvalue weighted by Gasteiger charge is -2.33. The molecule has 2 aromatic carbocycles. The van der Waals surface area contributed by atoms with Crippen LogP contribution in [0, 0.1) is 0 Å². The van der Waals surface area contributed by atoms with Crippen LogP contribution in [0.15, 0.2) is 36.4 Å². The molecule has 1 aliphatic heterocycles. The van der Waals surface area contributed by atoms with E-state index in [2.05, 4.69) is 10.6 Å². The van der Waals surface area contributed by atoms with Gasteiger partial charge in [-0.2, -0.15) is 0 Å². The van der Waals surface area contributed by atoms with E-state index in [1.54, 1.807) is 36.4 Å². The lowest BCUT2D eigenvalue weighted by Crippen LogP contribution is -2.50. The number of hydrogen-bond acceptors (Lipinski definition) is 4. The highest BCUT2D eigenvalue weighted by Crippen LogP contribution is 2.26. The first-order valence-electron chi connectivity index (χ1n) is 9.24. The highest BCUT2D eigenvalue weighted by atomic mass is 35.5. The summed E-state index contributed by atoms with van der Waals surface area (Å²) in [6.07, 6.45) is 0. The maximum atomic E-state index is 12.3. The molecular formula is C20H20Cl4N4O2. The van der Waals surface area contributed by atoms with Gasteiger partial charge in [0.05, 0.1) is 34.5 Å². The van der Waals surface area contributed by atoms with Crippen LogP contribution in [0.2, 0.25) is 20.1 Å². The topological polar surface area (TPSA) is 64.7 Å². The summed E-state index contributed by atoms with van der Waals surface area (Å²) in [4.78, 5) is 28.7. The van der Waals surface area contributed by atoms with Gasteiger partial charge in [-0.05, 0) is 36.4 Å². The minimum absolute atomic E-state index is 0.166. The number of anilines is 2. The molecule has 2 N–H and O–H groups in total. The quantitative estimate of drug-likeness (QED) is 0.627. The van der Waals surface area contributed by atoms with Crippen LogP contribution in [0.4, 0.5) is 11.4 Å². The van der Waals surface area contributed by atoms with Crippen molar-refractivity contribution in [1.82, 2.24) is 9.80 Å². The third-order valence-corrected chi connectivity index (χ3v) is 5.73. The third kappa shape index (κ3) is 6.74. The van der Waals surface area contributed by atoms with Crippen LogP contribution in [-0.4, -0.2) is 60.9 Å². The first-order valence-corrected chi connectivity index (χ1v) is 10.8. The van der Waals surface area contributed by atoms with Gasteiger partial charge in [-0.3, -0.25) is 19.4 Å². The Morgan fingerprint density at radius 2 is 1.07 bits per heavy atom. The summed E-state index contributed by atoms with van der Waals surface area (Å²) in [6.45, 7) is 3.15. The van der Waals surface area contributed by atoms with Crippen molar-refractivity contribution >= 4 is 69.6 Å². The predicted molar refractivity (Wildman–Crippen MR) is 123 cm³/mol. The smallest absolute Gasteiger partial charge is 0.238 e. The number of nitrogens with zero attached hydrogens (tertiary/aromatic N) is 2. The van der Waals surface area contributed by atoms with Crippen LogP contribution >= 0.6 is 46.4 Å². The van der Waals surface area contributed by atoms with Gasteiger partial charge in [-0.25, -0.2) is 0 Å². The van der Waals surface area contributed by atoms with Gasteiger partial charge in [0.2, 0.25) is 11.8 Å². The zero-order valence-corrected chi connectivity index (χ0v) is 19.0. The second kappa shape index (κ2) is 10.7. The van der Waals surface area contributed by atoms with Crippen molar-refractivity contribution in [2.24, 2.45) is 0 Å². The van der Waals surface area contributed by atoms with Gasteiger partial charge in [-0.15, -0.1) is 0 Å². The van der Waals surface area contributed by atoms with Crippen LogP contribution in [0.1, 0.15) is 0 Å². The van der Waals surface area contributed by atoms with Crippen LogP contribution < -0.4 is 10.6 Å². The van der Waals surface area contributed by atoms with Gasteiger partial charge in [0.1, 0.15) is 0 Å². The van der Waals surface area contributed by atoms with Gasteiger partial charge in [0, 0.05) is 36.2 Å². The molecule has 0 saturated carbocycles.